The van der Waals surface area contributed by atoms with Crippen LogP contribution in [-0.2, 0) is 12.8 Å². The molecule has 1 aromatic carbocycles. The number of benzene rings is 1. The van der Waals surface area contributed by atoms with Gasteiger partial charge >= 0.3 is 0 Å². The molecule has 3 aromatic rings. The van der Waals surface area contributed by atoms with Gasteiger partial charge in [0.05, 0.1) is 11.3 Å². The molecule has 0 bridgehead atoms. The third-order valence-corrected chi connectivity index (χ3v) is 6.10. The molecule has 0 saturated heterocycles. The number of nitrogens with one attached hydrogen (secondary N) is 2. The minimum atomic E-state index is -0.621. The fourth-order valence-electron chi connectivity index (χ4n) is 3.47. The van der Waals surface area contributed by atoms with Crippen LogP contribution in [0.25, 0.3) is 5.69 Å². The highest BCUT2D eigenvalue weighted by atomic mass is 32.1. The Labute approximate surface area is 171 Å². The Balaban J connectivity index is 1.69. The Morgan fingerprint density at radius 3 is 2.59 bits per heavy atom. The molecule has 0 radical (unpaired) electrons. The van der Waals surface area contributed by atoms with Gasteiger partial charge in [0.25, 0.3) is 11.8 Å². The molecule has 4 rings (SSSR count). The number of anilines is 1. The first-order valence-electron chi connectivity index (χ1n) is 9.42. The number of rotatable bonds is 4. The van der Waals surface area contributed by atoms with Crippen LogP contribution in [0.3, 0.4) is 0 Å². The fourth-order valence-corrected chi connectivity index (χ4v) is 4.75. The maximum atomic E-state index is 12.9. The smallest absolute Gasteiger partial charge is 0.280 e. The molecule has 0 unspecified atom stereocenters. The molecule has 0 aliphatic heterocycles. The van der Waals surface area contributed by atoms with Crippen molar-refractivity contribution in [2.24, 2.45) is 0 Å². The van der Waals surface area contributed by atoms with Crippen molar-refractivity contribution in [1.82, 2.24) is 15.1 Å². The van der Waals surface area contributed by atoms with Crippen LogP contribution in [0.4, 0.5) is 5.00 Å². The number of aryl methyl sites for hydroxylation is 1. The van der Waals surface area contributed by atoms with Gasteiger partial charge in [0.15, 0.2) is 5.69 Å². The topological polar surface area (TPSA) is 93.1 Å². The van der Waals surface area contributed by atoms with E-state index in [9.17, 15) is 14.4 Å². The second kappa shape index (κ2) is 8.00. The zero-order chi connectivity index (χ0) is 20.4. The zero-order valence-electron chi connectivity index (χ0n) is 15.9. The quantitative estimate of drug-likeness (QED) is 0.694. The SMILES string of the molecule is CNC(=O)c1c(NC(=O)c2nn(-c3ccccc3)ccc2=O)sc2c1CCCC2. The number of hydrogen-bond acceptors (Lipinski definition) is 5. The number of fused-ring (bicyclic) bond motifs is 1. The summed E-state index contributed by atoms with van der Waals surface area (Å²) in [6.07, 6.45) is 5.31. The molecule has 7 nitrogen and oxygen atoms in total. The van der Waals surface area contributed by atoms with E-state index in [2.05, 4.69) is 15.7 Å². The predicted octanol–water partition coefficient (Wildman–Crippen LogP) is 2.78. The lowest BCUT2D eigenvalue weighted by atomic mass is 9.95. The normalized spacial score (nSPS) is 12.9. The van der Waals surface area contributed by atoms with Gasteiger partial charge in [-0.15, -0.1) is 11.3 Å². The highest BCUT2D eigenvalue weighted by Gasteiger charge is 2.26. The number of carbonyl (C=O) groups excluding carboxylic acids is 2. The van der Waals surface area contributed by atoms with Crippen LogP contribution < -0.4 is 16.1 Å². The number of amides is 2. The Hall–Kier alpha value is -3.26. The van der Waals surface area contributed by atoms with E-state index in [4.69, 9.17) is 0 Å². The van der Waals surface area contributed by atoms with Gasteiger partial charge in [0.1, 0.15) is 5.00 Å². The van der Waals surface area contributed by atoms with E-state index in [0.717, 1.165) is 41.8 Å². The Morgan fingerprint density at radius 1 is 1.07 bits per heavy atom. The Kier molecular flexibility index (Phi) is 5.26. The molecule has 0 spiro atoms. The molecule has 0 atom stereocenters. The highest BCUT2D eigenvalue weighted by Crippen LogP contribution is 2.38. The number of para-hydroxylation sites is 1. The summed E-state index contributed by atoms with van der Waals surface area (Å²) in [5, 5.41) is 10.1. The van der Waals surface area contributed by atoms with Gasteiger partial charge in [-0.3, -0.25) is 14.4 Å². The van der Waals surface area contributed by atoms with E-state index in [1.54, 1.807) is 7.05 Å². The number of nitrogens with zero attached hydrogens (tertiary/aromatic N) is 2. The first-order chi connectivity index (χ1) is 14.1. The minimum Gasteiger partial charge on any atom is -0.355 e. The maximum Gasteiger partial charge on any atom is 0.280 e. The molecule has 148 valence electrons. The summed E-state index contributed by atoms with van der Waals surface area (Å²) in [5.74, 6) is -0.855. The predicted molar refractivity (Wildman–Crippen MR) is 112 cm³/mol. The molecule has 2 amide bonds. The summed E-state index contributed by atoms with van der Waals surface area (Å²) < 4.78 is 1.48. The molecule has 0 saturated carbocycles. The fraction of sp³-hybridized carbons (Fsp3) is 0.238. The second-order valence-electron chi connectivity index (χ2n) is 6.76. The molecular formula is C21H20N4O3S. The van der Waals surface area contributed by atoms with Gasteiger partial charge in [-0.2, -0.15) is 5.10 Å². The Bertz CT molecular complexity index is 1130. The van der Waals surface area contributed by atoms with Gasteiger partial charge in [-0.1, -0.05) is 18.2 Å². The van der Waals surface area contributed by atoms with E-state index in [1.807, 2.05) is 30.3 Å². The van der Waals surface area contributed by atoms with Crippen molar-refractivity contribution in [2.45, 2.75) is 25.7 Å². The van der Waals surface area contributed by atoms with Gasteiger partial charge in [-0.05, 0) is 43.4 Å². The summed E-state index contributed by atoms with van der Waals surface area (Å²) in [6, 6.07) is 10.5. The van der Waals surface area contributed by atoms with Gasteiger partial charge < -0.3 is 10.6 Å². The number of aromatic nitrogens is 2. The van der Waals surface area contributed by atoms with Crippen molar-refractivity contribution in [3.63, 3.8) is 0 Å². The van der Waals surface area contributed by atoms with E-state index in [-0.39, 0.29) is 11.6 Å². The summed E-state index contributed by atoms with van der Waals surface area (Å²) in [6.45, 7) is 0. The summed E-state index contributed by atoms with van der Waals surface area (Å²) in [7, 11) is 1.57. The largest absolute Gasteiger partial charge is 0.355 e. The number of thiophene rings is 1. The van der Waals surface area contributed by atoms with E-state index >= 15 is 0 Å². The second-order valence-corrected chi connectivity index (χ2v) is 7.86. The lowest BCUT2D eigenvalue weighted by molar-refractivity contribution is 0.0963. The molecule has 2 N–H and O–H groups in total. The van der Waals surface area contributed by atoms with Crippen LogP contribution in [0.1, 0.15) is 44.1 Å². The van der Waals surface area contributed by atoms with Crippen LogP contribution in [-0.4, -0.2) is 28.6 Å². The van der Waals surface area contributed by atoms with Crippen LogP contribution in [0, 0.1) is 0 Å². The summed E-state index contributed by atoms with van der Waals surface area (Å²) in [4.78, 5) is 38.7. The van der Waals surface area contributed by atoms with Crippen LogP contribution in [0.15, 0.2) is 47.4 Å². The van der Waals surface area contributed by atoms with Gasteiger partial charge in [0.2, 0.25) is 5.43 Å². The Morgan fingerprint density at radius 2 is 1.83 bits per heavy atom. The molecule has 2 aromatic heterocycles. The molecule has 0 fully saturated rings. The van der Waals surface area contributed by atoms with E-state index in [0.29, 0.717) is 10.6 Å². The summed E-state index contributed by atoms with van der Waals surface area (Å²) in [5.41, 5.74) is 1.54. The van der Waals surface area contributed by atoms with E-state index in [1.165, 1.54) is 28.3 Å². The van der Waals surface area contributed by atoms with Crippen molar-refractivity contribution in [2.75, 3.05) is 12.4 Å². The van der Waals surface area contributed by atoms with Crippen molar-refractivity contribution in [3.8, 4) is 5.69 Å². The summed E-state index contributed by atoms with van der Waals surface area (Å²) >= 11 is 1.41. The molecule has 2 heterocycles. The first-order valence-corrected chi connectivity index (χ1v) is 10.2. The monoisotopic (exact) mass is 408 g/mol. The maximum absolute atomic E-state index is 12.9. The van der Waals surface area contributed by atoms with Crippen molar-refractivity contribution in [3.05, 3.63) is 74.5 Å². The van der Waals surface area contributed by atoms with Crippen molar-refractivity contribution < 1.29 is 9.59 Å². The number of carbonyl (C=O) groups is 2. The molecule has 1 aliphatic carbocycles. The lowest BCUT2D eigenvalue weighted by Crippen LogP contribution is -2.27. The lowest BCUT2D eigenvalue weighted by Gasteiger charge is -2.12. The van der Waals surface area contributed by atoms with Gasteiger partial charge in [-0.25, -0.2) is 4.68 Å². The average molecular weight is 408 g/mol. The number of hydrogen-bond donors (Lipinski definition) is 2. The molecular weight excluding hydrogens is 388 g/mol. The van der Waals surface area contributed by atoms with Crippen LogP contribution in [0.5, 0.6) is 0 Å². The molecule has 8 heteroatoms. The van der Waals surface area contributed by atoms with Crippen molar-refractivity contribution in [1.29, 1.82) is 0 Å². The van der Waals surface area contributed by atoms with Crippen LogP contribution >= 0.6 is 11.3 Å². The molecule has 1 aliphatic rings. The standard InChI is InChI=1S/C21H20N4O3S/c1-22-19(27)17-14-9-5-6-10-16(14)29-21(17)23-20(28)18-15(26)11-12-25(24-18)13-7-3-2-4-8-13/h2-4,7-8,11-12H,5-6,9-10H2,1H3,(H,22,27)(H,23,28). The molecule has 29 heavy (non-hydrogen) atoms. The van der Waals surface area contributed by atoms with Gasteiger partial charge in [0, 0.05) is 24.2 Å². The zero-order valence-corrected chi connectivity index (χ0v) is 16.7. The third kappa shape index (κ3) is 3.71. The van der Waals surface area contributed by atoms with E-state index < -0.39 is 11.3 Å². The highest BCUT2D eigenvalue weighted by molar-refractivity contribution is 7.17. The first kappa shape index (κ1) is 19.1. The minimum absolute atomic E-state index is 0.217. The third-order valence-electron chi connectivity index (χ3n) is 4.90. The average Bonchev–Trinajstić information content (AvgIpc) is 3.11. The van der Waals surface area contributed by atoms with Crippen LogP contribution in [0.2, 0.25) is 0 Å². The van der Waals surface area contributed by atoms with Crippen molar-refractivity contribution >= 4 is 28.2 Å².